The Hall–Kier alpha value is -1.95. The van der Waals surface area contributed by atoms with Crippen LogP contribution in [-0.4, -0.2) is 21.9 Å². The van der Waals surface area contributed by atoms with Gasteiger partial charge in [-0.15, -0.1) is 0 Å². The molecule has 2 rings (SSSR count). The Kier molecular flexibility index (Phi) is 5.76. The maximum absolute atomic E-state index is 12.8. The molecule has 0 aliphatic heterocycles. The zero-order chi connectivity index (χ0) is 19.7. The van der Waals surface area contributed by atoms with Gasteiger partial charge in [0.1, 0.15) is 0 Å². The fourth-order valence-electron chi connectivity index (χ4n) is 2.90. The fourth-order valence-corrected chi connectivity index (χ4v) is 3.26. The molecular weight excluding hydrogens is 398 g/mol. The van der Waals surface area contributed by atoms with Gasteiger partial charge in [-0.3, -0.25) is 14.4 Å². The van der Waals surface area contributed by atoms with Crippen molar-refractivity contribution in [2.24, 2.45) is 10.8 Å². The quantitative estimate of drug-likeness (QED) is 0.667. The lowest BCUT2D eigenvalue weighted by Gasteiger charge is -2.29. The number of hydrogen-bond acceptors (Lipinski definition) is 3. The van der Waals surface area contributed by atoms with Crippen LogP contribution in [0.5, 0.6) is 0 Å². The summed E-state index contributed by atoms with van der Waals surface area (Å²) in [4.78, 5) is 35.6. The highest BCUT2D eigenvalue weighted by Crippen LogP contribution is 2.32. The summed E-state index contributed by atoms with van der Waals surface area (Å²) in [6, 6.07) is 5.26. The summed E-state index contributed by atoms with van der Waals surface area (Å²) in [6.07, 6.45) is 3.50. The average Bonchev–Trinajstić information content (AvgIpc) is 2.55. The van der Waals surface area contributed by atoms with Crippen molar-refractivity contribution in [3.63, 3.8) is 0 Å². The Balaban J connectivity index is 2.37. The van der Waals surface area contributed by atoms with Gasteiger partial charge in [-0.25, -0.2) is 0 Å². The summed E-state index contributed by atoms with van der Waals surface area (Å²) in [5, 5.41) is 10.4. The molecule has 5 nitrogen and oxygen atoms in total. The summed E-state index contributed by atoms with van der Waals surface area (Å²) in [7, 11) is 0. The van der Waals surface area contributed by atoms with Crippen molar-refractivity contribution in [3.8, 4) is 0 Å². The van der Waals surface area contributed by atoms with E-state index in [1.807, 2.05) is 13.8 Å². The van der Waals surface area contributed by atoms with Crippen LogP contribution in [0.15, 0.2) is 33.7 Å². The van der Waals surface area contributed by atoms with E-state index in [4.69, 9.17) is 0 Å². The van der Waals surface area contributed by atoms with E-state index in [2.05, 4.69) is 15.9 Å². The highest BCUT2D eigenvalue weighted by molar-refractivity contribution is 9.10. The first-order valence-electron chi connectivity index (χ1n) is 8.48. The van der Waals surface area contributed by atoms with Gasteiger partial charge in [-0.05, 0) is 50.3 Å². The number of benzene rings is 1. The van der Waals surface area contributed by atoms with Crippen molar-refractivity contribution in [1.82, 2.24) is 4.57 Å². The van der Waals surface area contributed by atoms with Gasteiger partial charge in [-0.1, -0.05) is 29.8 Å². The first-order chi connectivity index (χ1) is 12.0. The number of rotatable bonds is 7. The molecular formula is C20H24BrNO4. The molecule has 0 aliphatic rings. The van der Waals surface area contributed by atoms with Crippen LogP contribution < -0.4 is 5.56 Å². The van der Waals surface area contributed by atoms with Crippen molar-refractivity contribution in [2.45, 2.75) is 47.1 Å². The molecule has 0 radical (unpaired) electrons. The van der Waals surface area contributed by atoms with Crippen LogP contribution >= 0.6 is 15.9 Å². The monoisotopic (exact) mass is 421 g/mol. The number of carbonyl (C=O) groups is 2. The van der Waals surface area contributed by atoms with Crippen LogP contribution in [0.2, 0.25) is 0 Å². The molecule has 0 unspecified atom stereocenters. The predicted octanol–water partition coefficient (Wildman–Crippen LogP) is 4.49. The molecule has 140 valence electrons. The number of hydrogen-bond donors (Lipinski definition) is 1. The lowest BCUT2D eigenvalue weighted by molar-refractivity contribution is -0.147. The molecule has 0 spiro atoms. The van der Waals surface area contributed by atoms with Crippen LogP contribution in [0, 0.1) is 10.8 Å². The molecule has 1 aromatic heterocycles. The molecule has 0 aliphatic carbocycles. The molecule has 0 fully saturated rings. The largest absolute Gasteiger partial charge is 0.481 e. The number of aldehydes is 1. The zero-order valence-electron chi connectivity index (χ0n) is 15.5. The number of pyridine rings is 1. The third-order valence-corrected chi connectivity index (χ3v) is 5.30. The van der Waals surface area contributed by atoms with Crippen LogP contribution in [0.3, 0.4) is 0 Å². The molecule has 1 heterocycles. The smallest absolute Gasteiger partial charge is 0.309 e. The van der Waals surface area contributed by atoms with E-state index >= 15 is 0 Å². The molecule has 1 N–H and O–H groups in total. The van der Waals surface area contributed by atoms with Crippen molar-refractivity contribution in [3.05, 3.63) is 44.8 Å². The third-order valence-electron chi connectivity index (χ3n) is 4.81. The number of nitrogens with zero attached hydrogens (tertiary/aromatic N) is 1. The van der Waals surface area contributed by atoms with E-state index in [9.17, 15) is 19.5 Å². The van der Waals surface area contributed by atoms with Gasteiger partial charge in [0, 0.05) is 33.6 Å². The SMILES string of the molecule is CC(C)(CCC(C)(C)C(=O)O)Cn1cc(C=O)c2cc(Br)ccc2c1=O. The van der Waals surface area contributed by atoms with Crippen LogP contribution in [0.25, 0.3) is 10.8 Å². The van der Waals surface area contributed by atoms with Gasteiger partial charge < -0.3 is 9.67 Å². The minimum absolute atomic E-state index is 0.149. The Morgan fingerprint density at radius 1 is 1.19 bits per heavy atom. The Bertz CT molecular complexity index is 912. The predicted molar refractivity (Wildman–Crippen MR) is 106 cm³/mol. The van der Waals surface area contributed by atoms with Gasteiger partial charge in [0.05, 0.1) is 5.41 Å². The maximum atomic E-state index is 12.8. The second-order valence-electron chi connectivity index (χ2n) is 8.18. The number of carbonyl (C=O) groups excluding carboxylic acids is 1. The molecule has 0 saturated carbocycles. The molecule has 0 bridgehead atoms. The normalized spacial score (nSPS) is 12.3. The molecule has 6 heteroatoms. The van der Waals surface area contributed by atoms with Crippen LogP contribution in [-0.2, 0) is 11.3 Å². The Labute approximate surface area is 161 Å². The topological polar surface area (TPSA) is 76.4 Å². The van der Waals surface area contributed by atoms with Gasteiger partial charge in [0.2, 0.25) is 0 Å². The van der Waals surface area contributed by atoms with E-state index in [1.165, 1.54) is 0 Å². The number of aromatic nitrogens is 1. The molecule has 2 aromatic rings. The number of aliphatic carboxylic acids is 1. The number of halogens is 1. The Morgan fingerprint density at radius 3 is 2.42 bits per heavy atom. The Morgan fingerprint density at radius 2 is 1.85 bits per heavy atom. The van der Waals surface area contributed by atoms with E-state index in [0.29, 0.717) is 35.7 Å². The molecule has 26 heavy (non-hydrogen) atoms. The molecule has 0 saturated heterocycles. The van der Waals surface area contributed by atoms with Crippen LogP contribution in [0.4, 0.5) is 0 Å². The maximum Gasteiger partial charge on any atom is 0.309 e. The summed E-state index contributed by atoms with van der Waals surface area (Å²) >= 11 is 3.37. The number of carboxylic acid groups (broad SMARTS) is 1. The molecule has 0 amide bonds. The summed E-state index contributed by atoms with van der Waals surface area (Å²) in [6.45, 7) is 7.83. The van der Waals surface area contributed by atoms with Crippen molar-refractivity contribution >= 4 is 39.0 Å². The van der Waals surface area contributed by atoms with Crippen molar-refractivity contribution in [1.29, 1.82) is 0 Å². The second-order valence-corrected chi connectivity index (χ2v) is 9.09. The second kappa shape index (κ2) is 7.35. The average molecular weight is 422 g/mol. The van der Waals surface area contributed by atoms with Gasteiger partial charge in [0.25, 0.3) is 5.56 Å². The standard InChI is InChI=1S/C20H24BrNO4/c1-19(2,7-8-20(3,4)18(25)26)12-22-10-13(11-23)16-9-14(21)5-6-15(16)17(22)24/h5-6,9-11H,7-8,12H2,1-4H3,(H,25,26). The number of fused-ring (bicyclic) bond motifs is 1. The van der Waals surface area contributed by atoms with Crippen molar-refractivity contribution < 1.29 is 14.7 Å². The van der Waals surface area contributed by atoms with E-state index in [0.717, 1.165) is 10.8 Å². The first kappa shape index (κ1) is 20.4. The highest BCUT2D eigenvalue weighted by atomic mass is 79.9. The van der Waals surface area contributed by atoms with E-state index < -0.39 is 11.4 Å². The summed E-state index contributed by atoms with van der Waals surface area (Å²) in [5.41, 5.74) is -0.794. The van der Waals surface area contributed by atoms with Crippen LogP contribution in [0.1, 0.15) is 50.9 Å². The van der Waals surface area contributed by atoms with Gasteiger partial charge in [-0.2, -0.15) is 0 Å². The number of carboxylic acids is 1. The van der Waals surface area contributed by atoms with Gasteiger partial charge in [0.15, 0.2) is 6.29 Å². The molecule has 1 aromatic carbocycles. The molecule has 0 atom stereocenters. The fraction of sp³-hybridized carbons (Fsp3) is 0.450. The van der Waals surface area contributed by atoms with Crippen molar-refractivity contribution in [2.75, 3.05) is 0 Å². The van der Waals surface area contributed by atoms with E-state index in [-0.39, 0.29) is 11.0 Å². The summed E-state index contributed by atoms with van der Waals surface area (Å²) in [5.74, 6) is -0.829. The third kappa shape index (κ3) is 4.41. The minimum atomic E-state index is -0.829. The summed E-state index contributed by atoms with van der Waals surface area (Å²) < 4.78 is 2.37. The van der Waals surface area contributed by atoms with E-state index in [1.54, 1.807) is 42.8 Å². The lowest BCUT2D eigenvalue weighted by Crippen LogP contribution is -2.31. The zero-order valence-corrected chi connectivity index (χ0v) is 17.1. The highest BCUT2D eigenvalue weighted by Gasteiger charge is 2.30. The first-order valence-corrected chi connectivity index (χ1v) is 9.27. The lowest BCUT2D eigenvalue weighted by atomic mass is 9.79. The van der Waals surface area contributed by atoms with Gasteiger partial charge >= 0.3 is 5.97 Å². The minimum Gasteiger partial charge on any atom is -0.481 e.